The van der Waals surface area contributed by atoms with Crippen LogP contribution in [0.2, 0.25) is 0 Å². The van der Waals surface area contributed by atoms with Crippen LogP contribution in [0.3, 0.4) is 0 Å². The molecule has 4 nitrogen and oxygen atoms in total. The first-order valence-corrected chi connectivity index (χ1v) is 6.26. The van der Waals surface area contributed by atoms with Gasteiger partial charge in [0.15, 0.2) is 0 Å². The molecule has 0 bridgehead atoms. The van der Waals surface area contributed by atoms with Crippen molar-refractivity contribution in [1.29, 1.82) is 0 Å². The van der Waals surface area contributed by atoms with E-state index >= 15 is 0 Å². The highest BCUT2D eigenvalue weighted by Crippen LogP contribution is 2.26. The van der Waals surface area contributed by atoms with Crippen LogP contribution in [-0.4, -0.2) is 26.6 Å². The van der Waals surface area contributed by atoms with E-state index in [1.165, 1.54) is 11.8 Å². The molecule has 0 radical (unpaired) electrons. The third-order valence-electron chi connectivity index (χ3n) is 2.15. The zero-order chi connectivity index (χ0) is 12.3. The maximum atomic E-state index is 10.5. The van der Waals surface area contributed by atoms with Crippen LogP contribution in [0, 0.1) is 0 Å². The Morgan fingerprint density at radius 2 is 2.19 bits per heavy atom. The molecular formula is C11H18N2O2S. The molecule has 0 aliphatic rings. The Morgan fingerprint density at radius 3 is 2.62 bits per heavy atom. The SMILES string of the molecule is CCn1nc(C(C)(C)C)cc1SCC(=O)O. The molecule has 0 saturated heterocycles. The van der Waals surface area contributed by atoms with E-state index in [0.717, 1.165) is 17.3 Å². The first-order chi connectivity index (χ1) is 7.34. The van der Waals surface area contributed by atoms with E-state index in [0.29, 0.717) is 0 Å². The lowest BCUT2D eigenvalue weighted by Gasteiger charge is -2.13. The molecule has 1 heterocycles. The van der Waals surface area contributed by atoms with Gasteiger partial charge in [0.2, 0.25) is 0 Å². The molecule has 1 aromatic rings. The minimum Gasteiger partial charge on any atom is -0.481 e. The molecule has 0 saturated carbocycles. The van der Waals surface area contributed by atoms with Crippen LogP contribution in [0.4, 0.5) is 0 Å². The van der Waals surface area contributed by atoms with Gasteiger partial charge >= 0.3 is 5.97 Å². The lowest BCUT2D eigenvalue weighted by molar-refractivity contribution is -0.133. The van der Waals surface area contributed by atoms with Crippen LogP contribution in [-0.2, 0) is 16.8 Å². The van der Waals surface area contributed by atoms with Gasteiger partial charge in [0.05, 0.1) is 16.5 Å². The number of aromatic nitrogens is 2. The number of carbonyl (C=O) groups is 1. The Labute approximate surface area is 100 Å². The molecule has 0 amide bonds. The average Bonchev–Trinajstić information content (AvgIpc) is 2.56. The van der Waals surface area contributed by atoms with Gasteiger partial charge in [0.25, 0.3) is 0 Å². The van der Waals surface area contributed by atoms with Gasteiger partial charge in [-0.2, -0.15) is 5.10 Å². The maximum Gasteiger partial charge on any atom is 0.313 e. The molecule has 0 aliphatic carbocycles. The lowest BCUT2D eigenvalue weighted by Crippen LogP contribution is -2.12. The third kappa shape index (κ3) is 3.27. The van der Waals surface area contributed by atoms with E-state index in [-0.39, 0.29) is 11.2 Å². The molecule has 0 aliphatic heterocycles. The summed E-state index contributed by atoms with van der Waals surface area (Å²) in [7, 11) is 0. The number of hydrogen-bond acceptors (Lipinski definition) is 3. The zero-order valence-corrected chi connectivity index (χ0v) is 11.0. The summed E-state index contributed by atoms with van der Waals surface area (Å²) in [6.45, 7) is 9.06. The normalized spacial score (nSPS) is 11.8. The van der Waals surface area contributed by atoms with Gasteiger partial charge in [-0.15, -0.1) is 0 Å². The highest BCUT2D eigenvalue weighted by molar-refractivity contribution is 7.99. The van der Waals surface area contributed by atoms with Gasteiger partial charge in [-0.25, -0.2) is 0 Å². The average molecular weight is 242 g/mol. The minimum absolute atomic E-state index is 0.00104. The fourth-order valence-electron chi connectivity index (χ4n) is 1.24. The lowest BCUT2D eigenvalue weighted by atomic mass is 9.93. The third-order valence-corrected chi connectivity index (χ3v) is 3.17. The fraction of sp³-hybridized carbons (Fsp3) is 0.636. The van der Waals surface area contributed by atoms with Gasteiger partial charge in [0, 0.05) is 12.0 Å². The van der Waals surface area contributed by atoms with E-state index in [2.05, 4.69) is 25.9 Å². The minimum atomic E-state index is -0.800. The number of rotatable bonds is 4. The quantitative estimate of drug-likeness (QED) is 0.824. The van der Waals surface area contributed by atoms with Gasteiger partial charge < -0.3 is 5.11 Å². The van der Waals surface area contributed by atoms with Crippen molar-refractivity contribution < 1.29 is 9.90 Å². The topological polar surface area (TPSA) is 55.1 Å². The number of aliphatic carboxylic acids is 1. The first kappa shape index (κ1) is 13.1. The summed E-state index contributed by atoms with van der Waals surface area (Å²) >= 11 is 1.32. The van der Waals surface area contributed by atoms with Gasteiger partial charge in [-0.05, 0) is 13.0 Å². The van der Waals surface area contributed by atoms with E-state index in [1.54, 1.807) is 0 Å². The van der Waals surface area contributed by atoms with Crippen molar-refractivity contribution in [2.24, 2.45) is 0 Å². The predicted molar refractivity (Wildman–Crippen MR) is 65.0 cm³/mol. The van der Waals surface area contributed by atoms with Crippen molar-refractivity contribution >= 4 is 17.7 Å². The predicted octanol–water partition coefficient (Wildman–Crippen LogP) is 2.38. The molecule has 90 valence electrons. The number of thioether (sulfide) groups is 1. The Kier molecular flexibility index (Phi) is 4.02. The standard InChI is InChI=1S/C11H18N2O2S/c1-5-13-9(16-7-10(14)15)6-8(12-13)11(2,3)4/h6H,5,7H2,1-4H3,(H,14,15). The second kappa shape index (κ2) is 4.91. The summed E-state index contributed by atoms with van der Waals surface area (Å²) in [5.41, 5.74) is 1.00. The van der Waals surface area contributed by atoms with Crippen LogP contribution in [0.5, 0.6) is 0 Å². The molecule has 0 spiro atoms. The van der Waals surface area contributed by atoms with E-state index in [9.17, 15) is 4.79 Å². The molecule has 1 N–H and O–H groups in total. The summed E-state index contributed by atoms with van der Waals surface area (Å²) < 4.78 is 1.86. The molecule has 1 rings (SSSR count). The Bertz CT molecular complexity index is 380. The highest BCUT2D eigenvalue weighted by Gasteiger charge is 2.19. The van der Waals surface area contributed by atoms with Crippen LogP contribution >= 0.6 is 11.8 Å². The van der Waals surface area contributed by atoms with Crippen LogP contribution in [0.1, 0.15) is 33.4 Å². The number of hydrogen-bond donors (Lipinski definition) is 1. The Hall–Kier alpha value is -0.970. The molecule has 0 aromatic carbocycles. The van der Waals surface area contributed by atoms with Crippen LogP contribution in [0.15, 0.2) is 11.1 Å². The highest BCUT2D eigenvalue weighted by atomic mass is 32.2. The van der Waals surface area contributed by atoms with Gasteiger partial charge in [0.1, 0.15) is 0 Å². The molecule has 5 heteroatoms. The molecule has 0 fully saturated rings. The fourth-order valence-corrected chi connectivity index (χ4v) is 2.03. The van der Waals surface area contributed by atoms with Crippen molar-refractivity contribution in [1.82, 2.24) is 9.78 Å². The van der Waals surface area contributed by atoms with E-state index in [4.69, 9.17) is 5.11 Å². The van der Waals surface area contributed by atoms with Gasteiger partial charge in [-0.3, -0.25) is 9.48 Å². The summed E-state index contributed by atoms with van der Waals surface area (Å²) in [6, 6.07) is 1.98. The molecular weight excluding hydrogens is 224 g/mol. The van der Waals surface area contributed by atoms with Crippen molar-refractivity contribution in [2.45, 2.75) is 44.7 Å². The summed E-state index contributed by atoms with van der Waals surface area (Å²) in [5.74, 6) is -0.721. The number of carboxylic acids is 1. The van der Waals surface area contributed by atoms with E-state index < -0.39 is 5.97 Å². The van der Waals surface area contributed by atoms with E-state index in [1.807, 2.05) is 17.7 Å². The van der Waals surface area contributed by atoms with Crippen LogP contribution < -0.4 is 0 Å². The number of aryl methyl sites for hydroxylation is 1. The second-order valence-corrected chi connectivity index (χ2v) is 5.61. The zero-order valence-electron chi connectivity index (χ0n) is 10.1. The van der Waals surface area contributed by atoms with Crippen LogP contribution in [0.25, 0.3) is 0 Å². The van der Waals surface area contributed by atoms with Crippen molar-refractivity contribution in [3.8, 4) is 0 Å². The van der Waals surface area contributed by atoms with Crippen molar-refractivity contribution in [2.75, 3.05) is 5.75 Å². The number of nitrogens with zero attached hydrogens (tertiary/aromatic N) is 2. The number of carboxylic acid groups (broad SMARTS) is 1. The Morgan fingerprint density at radius 1 is 1.56 bits per heavy atom. The largest absolute Gasteiger partial charge is 0.481 e. The molecule has 16 heavy (non-hydrogen) atoms. The Balaban J connectivity index is 2.91. The molecule has 1 aromatic heterocycles. The molecule has 0 atom stereocenters. The van der Waals surface area contributed by atoms with Crippen molar-refractivity contribution in [3.63, 3.8) is 0 Å². The second-order valence-electron chi connectivity index (χ2n) is 4.62. The maximum absolute atomic E-state index is 10.5. The van der Waals surface area contributed by atoms with Gasteiger partial charge in [-0.1, -0.05) is 32.5 Å². The first-order valence-electron chi connectivity index (χ1n) is 5.27. The smallest absolute Gasteiger partial charge is 0.313 e. The summed E-state index contributed by atoms with van der Waals surface area (Å²) in [5, 5.41) is 14.1. The summed E-state index contributed by atoms with van der Waals surface area (Å²) in [6.07, 6.45) is 0. The monoisotopic (exact) mass is 242 g/mol. The van der Waals surface area contributed by atoms with Crippen molar-refractivity contribution in [3.05, 3.63) is 11.8 Å². The summed E-state index contributed by atoms with van der Waals surface area (Å²) in [4.78, 5) is 10.5. The molecule has 0 unspecified atom stereocenters.